The Morgan fingerprint density at radius 1 is 1.75 bits per heavy atom. The Kier molecular flexibility index (Phi) is 5.70. The van der Waals surface area contributed by atoms with E-state index >= 15 is 0 Å². The lowest BCUT2D eigenvalue weighted by Crippen LogP contribution is -1.44. The largest absolute Gasteiger partial charge is 0.491 e. The van der Waals surface area contributed by atoms with E-state index in [1.54, 1.807) is 18.7 Å². The molecule has 1 unspecified atom stereocenters. The third-order valence-electron chi connectivity index (χ3n) is 0.406. The van der Waals surface area contributed by atoms with Crippen LogP contribution in [0.5, 0.6) is 0 Å². The van der Waals surface area contributed by atoms with Crippen LogP contribution >= 0.6 is 8.69 Å². The topological polar surface area (TPSA) is 66.0 Å². The first-order valence-corrected chi connectivity index (χ1v) is 2.71. The van der Waals surface area contributed by atoms with Crippen LogP contribution in [0.3, 0.4) is 0 Å². The van der Waals surface area contributed by atoms with E-state index in [0.29, 0.717) is 0 Å². The highest BCUT2D eigenvalue weighted by molar-refractivity contribution is 7.16. The summed E-state index contributed by atoms with van der Waals surface area (Å²) in [6.07, 6.45) is 5.08. The van der Waals surface area contributed by atoms with Crippen molar-refractivity contribution in [1.29, 1.82) is 0 Å². The monoisotopic (exact) mass is 133 g/mol. The Hall–Kier alpha value is -0.730. The number of H-pyrrole nitrogens is 1. The van der Waals surface area contributed by atoms with Gasteiger partial charge in [-0.1, -0.05) is 0 Å². The summed E-state index contributed by atoms with van der Waals surface area (Å²) >= 11 is 0. The van der Waals surface area contributed by atoms with Crippen molar-refractivity contribution in [3.05, 3.63) is 18.7 Å². The van der Waals surface area contributed by atoms with Gasteiger partial charge in [-0.25, -0.2) is 4.98 Å². The van der Waals surface area contributed by atoms with Gasteiger partial charge in [0.25, 0.3) is 0 Å². The average Bonchev–Trinajstić information content (AvgIpc) is 2.17. The fourth-order valence-electron chi connectivity index (χ4n) is 0.215. The summed E-state index contributed by atoms with van der Waals surface area (Å²) in [7, 11) is -1.17. The van der Waals surface area contributed by atoms with Gasteiger partial charge in [0.2, 0.25) is 0 Å². The molecular formula is C3H6N2O2P+. The number of aromatic amines is 1. The highest BCUT2D eigenvalue weighted by atomic mass is 31.1. The second-order valence-electron chi connectivity index (χ2n) is 0.852. The fourth-order valence-corrected chi connectivity index (χ4v) is 0.215. The maximum Gasteiger partial charge on any atom is 0.491 e. The fraction of sp³-hybridized carbons (Fsp3) is 0. The highest BCUT2D eigenvalue weighted by Crippen LogP contribution is 1.66. The standard InChI is InChI=1S/C3H4N2.HO2P/c1-2-5-3-4-1;1-3-2/h1-3H,(H,4,5);3H/p+1. The van der Waals surface area contributed by atoms with Crippen molar-refractivity contribution in [2.45, 2.75) is 0 Å². The molecule has 0 aliphatic rings. The Balaban J connectivity index is 0.000000145. The lowest BCUT2D eigenvalue weighted by Gasteiger charge is -1.46. The molecule has 0 fully saturated rings. The van der Waals surface area contributed by atoms with Crippen LogP contribution in [0, 0.1) is 0 Å². The predicted molar refractivity (Wildman–Crippen MR) is 29.8 cm³/mol. The SMILES string of the molecule is O=[PH+]O.c1c[nH]cn1. The molecule has 1 aromatic heterocycles. The van der Waals surface area contributed by atoms with E-state index in [9.17, 15) is 0 Å². The van der Waals surface area contributed by atoms with Gasteiger partial charge >= 0.3 is 8.69 Å². The lowest BCUT2D eigenvalue weighted by molar-refractivity contribution is 0.524. The molecule has 0 aromatic carbocycles. The van der Waals surface area contributed by atoms with Gasteiger partial charge in [-0.3, -0.25) is 0 Å². The molecule has 0 saturated heterocycles. The zero-order valence-corrected chi connectivity index (χ0v) is 5.03. The zero-order valence-electron chi connectivity index (χ0n) is 4.03. The molecule has 8 heavy (non-hydrogen) atoms. The average molecular weight is 133 g/mol. The Bertz CT molecular complexity index is 102. The van der Waals surface area contributed by atoms with Crippen LogP contribution in [0.2, 0.25) is 0 Å². The predicted octanol–water partition coefficient (Wildman–Crippen LogP) is 0.327. The van der Waals surface area contributed by atoms with Crippen molar-refractivity contribution in [3.8, 4) is 0 Å². The van der Waals surface area contributed by atoms with Crippen molar-refractivity contribution < 1.29 is 9.46 Å². The summed E-state index contributed by atoms with van der Waals surface area (Å²) in [5.41, 5.74) is 0. The first-order valence-electron chi connectivity index (χ1n) is 1.85. The van der Waals surface area contributed by atoms with Crippen LogP contribution < -0.4 is 0 Å². The van der Waals surface area contributed by atoms with E-state index < -0.39 is 8.69 Å². The molecule has 0 bridgehead atoms. The molecule has 5 heteroatoms. The van der Waals surface area contributed by atoms with Crippen molar-refractivity contribution in [3.63, 3.8) is 0 Å². The van der Waals surface area contributed by atoms with Crippen LogP contribution in [0.4, 0.5) is 0 Å². The van der Waals surface area contributed by atoms with Gasteiger partial charge in [0, 0.05) is 12.4 Å². The molecule has 1 aromatic rings. The maximum absolute atomic E-state index is 8.51. The Labute approximate surface area is 47.9 Å². The van der Waals surface area contributed by atoms with Crippen LogP contribution in [-0.2, 0) is 4.57 Å². The quantitative estimate of drug-likeness (QED) is 0.501. The van der Waals surface area contributed by atoms with Crippen molar-refractivity contribution in [1.82, 2.24) is 9.97 Å². The van der Waals surface area contributed by atoms with E-state index in [-0.39, 0.29) is 0 Å². The molecule has 1 heterocycles. The third-order valence-corrected chi connectivity index (χ3v) is 0.406. The van der Waals surface area contributed by atoms with Crippen LogP contribution in [0.25, 0.3) is 0 Å². The van der Waals surface area contributed by atoms with Gasteiger partial charge in [-0.05, 0) is 4.57 Å². The first-order chi connectivity index (χ1) is 3.91. The zero-order chi connectivity index (χ0) is 6.24. The first kappa shape index (κ1) is 7.27. The van der Waals surface area contributed by atoms with E-state index in [1.807, 2.05) is 0 Å². The molecule has 0 radical (unpaired) electrons. The minimum absolute atomic E-state index is 1.17. The molecule has 1 atom stereocenters. The molecule has 0 amide bonds. The normalized spacial score (nSPS) is 7.62. The highest BCUT2D eigenvalue weighted by Gasteiger charge is 1.56. The van der Waals surface area contributed by atoms with Crippen LogP contribution in [0.15, 0.2) is 18.7 Å². The van der Waals surface area contributed by atoms with E-state index in [1.165, 1.54) is 0 Å². The van der Waals surface area contributed by atoms with Gasteiger partial charge in [-0.15, -0.1) is 0 Å². The maximum atomic E-state index is 8.51. The second kappa shape index (κ2) is 6.27. The number of imidazole rings is 1. The summed E-state index contributed by atoms with van der Waals surface area (Å²) in [6.45, 7) is 0. The number of nitrogens with one attached hydrogen (secondary N) is 1. The van der Waals surface area contributed by atoms with Crippen LogP contribution in [0.1, 0.15) is 0 Å². The molecule has 0 aliphatic heterocycles. The van der Waals surface area contributed by atoms with Crippen LogP contribution in [-0.4, -0.2) is 14.9 Å². The Morgan fingerprint density at radius 3 is 2.50 bits per heavy atom. The molecule has 44 valence electrons. The second-order valence-corrected chi connectivity index (χ2v) is 1.03. The summed E-state index contributed by atoms with van der Waals surface area (Å²) in [4.78, 5) is 13.5. The summed E-state index contributed by atoms with van der Waals surface area (Å²) in [5.74, 6) is 0. The summed E-state index contributed by atoms with van der Waals surface area (Å²) < 4.78 is 8.51. The Morgan fingerprint density at radius 2 is 2.38 bits per heavy atom. The van der Waals surface area contributed by atoms with E-state index in [4.69, 9.17) is 9.46 Å². The van der Waals surface area contributed by atoms with Crippen molar-refractivity contribution in [2.24, 2.45) is 0 Å². The van der Waals surface area contributed by atoms with Gasteiger partial charge in [0.05, 0.1) is 6.33 Å². The number of hydrogen-bond donors (Lipinski definition) is 2. The number of aromatic nitrogens is 2. The minimum Gasteiger partial charge on any atom is -0.351 e. The number of hydrogen-bond acceptors (Lipinski definition) is 2. The molecular weight excluding hydrogens is 127 g/mol. The van der Waals surface area contributed by atoms with E-state index in [2.05, 4.69) is 9.97 Å². The van der Waals surface area contributed by atoms with Crippen molar-refractivity contribution >= 4 is 8.69 Å². The molecule has 0 saturated carbocycles. The third kappa shape index (κ3) is 5.27. The number of nitrogens with zero attached hydrogens (tertiary/aromatic N) is 1. The van der Waals surface area contributed by atoms with Crippen molar-refractivity contribution in [2.75, 3.05) is 0 Å². The lowest BCUT2D eigenvalue weighted by atomic mass is 11.0. The number of rotatable bonds is 0. The summed E-state index contributed by atoms with van der Waals surface area (Å²) in [6, 6.07) is 0. The van der Waals surface area contributed by atoms with Gasteiger partial charge in [0.15, 0.2) is 0 Å². The molecule has 2 N–H and O–H groups in total. The molecule has 0 aliphatic carbocycles. The van der Waals surface area contributed by atoms with Gasteiger partial charge in [-0.2, -0.15) is 4.89 Å². The van der Waals surface area contributed by atoms with Gasteiger partial charge < -0.3 is 4.98 Å². The van der Waals surface area contributed by atoms with Gasteiger partial charge in [0.1, 0.15) is 0 Å². The summed E-state index contributed by atoms with van der Waals surface area (Å²) in [5, 5.41) is 0. The minimum atomic E-state index is -1.17. The smallest absolute Gasteiger partial charge is 0.351 e. The van der Waals surface area contributed by atoms with E-state index in [0.717, 1.165) is 0 Å². The molecule has 4 nitrogen and oxygen atoms in total. The molecule has 1 rings (SSSR count). The molecule has 0 spiro atoms.